The molecule has 112 valence electrons. The summed E-state index contributed by atoms with van der Waals surface area (Å²) in [6, 6.07) is 8.00. The Morgan fingerprint density at radius 2 is 2.05 bits per heavy atom. The fourth-order valence-corrected chi connectivity index (χ4v) is 2.54. The molecule has 0 radical (unpaired) electrons. The van der Waals surface area contributed by atoms with Gasteiger partial charge in [-0.1, -0.05) is 35.4 Å². The SMILES string of the molecule is [N-]=[N+]=NC1C(F)C(O)O[C@@H]2CO[C@@H](c3ccccc3)O[C@@H]12. The van der Waals surface area contributed by atoms with Gasteiger partial charge in [-0.2, -0.15) is 0 Å². The summed E-state index contributed by atoms with van der Waals surface area (Å²) < 4.78 is 30.3. The molecular formula is C13H14FN3O4. The van der Waals surface area contributed by atoms with Crippen LogP contribution in [0.1, 0.15) is 11.9 Å². The lowest BCUT2D eigenvalue weighted by Crippen LogP contribution is -2.59. The summed E-state index contributed by atoms with van der Waals surface area (Å²) >= 11 is 0. The number of aliphatic hydroxyl groups excluding tert-OH is 1. The number of benzene rings is 1. The van der Waals surface area contributed by atoms with E-state index in [-0.39, 0.29) is 6.61 Å². The predicted molar refractivity (Wildman–Crippen MR) is 68.7 cm³/mol. The number of alkyl halides is 1. The van der Waals surface area contributed by atoms with E-state index >= 15 is 0 Å². The van der Waals surface area contributed by atoms with Crippen LogP contribution in [0.5, 0.6) is 0 Å². The van der Waals surface area contributed by atoms with Crippen molar-refractivity contribution in [1.82, 2.24) is 0 Å². The highest BCUT2D eigenvalue weighted by atomic mass is 19.1. The monoisotopic (exact) mass is 295 g/mol. The molecule has 0 bridgehead atoms. The Morgan fingerprint density at radius 1 is 1.29 bits per heavy atom. The van der Waals surface area contributed by atoms with Crippen molar-refractivity contribution in [2.75, 3.05) is 6.61 Å². The Bertz CT molecular complexity index is 539. The van der Waals surface area contributed by atoms with Crippen LogP contribution >= 0.6 is 0 Å². The summed E-state index contributed by atoms with van der Waals surface area (Å²) in [4.78, 5) is 2.63. The van der Waals surface area contributed by atoms with E-state index in [4.69, 9.17) is 19.7 Å². The molecule has 0 amide bonds. The molecule has 0 aliphatic carbocycles. The van der Waals surface area contributed by atoms with Crippen molar-refractivity contribution in [3.05, 3.63) is 46.3 Å². The second-order valence-electron chi connectivity index (χ2n) is 4.88. The van der Waals surface area contributed by atoms with Crippen LogP contribution in [0.25, 0.3) is 10.4 Å². The first-order chi connectivity index (χ1) is 10.2. The van der Waals surface area contributed by atoms with Crippen molar-refractivity contribution >= 4 is 0 Å². The van der Waals surface area contributed by atoms with Crippen molar-refractivity contribution in [2.24, 2.45) is 5.11 Å². The van der Waals surface area contributed by atoms with E-state index in [1.54, 1.807) is 0 Å². The molecule has 1 aromatic carbocycles. The summed E-state index contributed by atoms with van der Waals surface area (Å²) in [5.41, 5.74) is 9.35. The number of hydrogen-bond donors (Lipinski definition) is 1. The van der Waals surface area contributed by atoms with E-state index in [1.165, 1.54) is 0 Å². The van der Waals surface area contributed by atoms with Crippen molar-refractivity contribution < 1.29 is 23.7 Å². The minimum absolute atomic E-state index is 0.117. The molecule has 6 atom stereocenters. The number of nitrogens with zero attached hydrogens (tertiary/aromatic N) is 3. The number of ether oxygens (including phenoxy) is 3. The maximum Gasteiger partial charge on any atom is 0.187 e. The maximum absolute atomic E-state index is 14.0. The Morgan fingerprint density at radius 3 is 2.76 bits per heavy atom. The fourth-order valence-electron chi connectivity index (χ4n) is 2.54. The maximum atomic E-state index is 14.0. The average Bonchev–Trinajstić information content (AvgIpc) is 2.52. The molecule has 2 aliphatic rings. The summed E-state index contributed by atoms with van der Waals surface area (Å²) in [6.07, 6.45) is -5.66. The van der Waals surface area contributed by atoms with Gasteiger partial charge in [0.2, 0.25) is 0 Å². The van der Waals surface area contributed by atoms with Gasteiger partial charge in [0, 0.05) is 10.5 Å². The Kier molecular flexibility index (Phi) is 4.05. The van der Waals surface area contributed by atoms with Crippen molar-refractivity contribution in [2.45, 2.75) is 37.0 Å². The highest BCUT2D eigenvalue weighted by Gasteiger charge is 2.49. The molecule has 0 spiro atoms. The molecule has 21 heavy (non-hydrogen) atoms. The third-order valence-corrected chi connectivity index (χ3v) is 3.57. The molecule has 8 heteroatoms. The molecule has 1 N–H and O–H groups in total. The number of fused-ring (bicyclic) bond motifs is 1. The fraction of sp³-hybridized carbons (Fsp3) is 0.538. The zero-order chi connectivity index (χ0) is 14.8. The first-order valence-corrected chi connectivity index (χ1v) is 6.54. The lowest BCUT2D eigenvalue weighted by Gasteiger charge is -2.44. The largest absolute Gasteiger partial charge is 0.366 e. The van der Waals surface area contributed by atoms with E-state index < -0.39 is 37.0 Å². The van der Waals surface area contributed by atoms with E-state index in [0.717, 1.165) is 5.56 Å². The predicted octanol–water partition coefficient (Wildman–Crippen LogP) is 1.83. The van der Waals surface area contributed by atoms with E-state index in [9.17, 15) is 9.50 Å². The van der Waals surface area contributed by atoms with Gasteiger partial charge >= 0.3 is 0 Å². The van der Waals surface area contributed by atoms with Crippen molar-refractivity contribution in [1.29, 1.82) is 0 Å². The third-order valence-electron chi connectivity index (χ3n) is 3.57. The number of aliphatic hydroxyl groups is 1. The number of hydrogen-bond acceptors (Lipinski definition) is 5. The smallest absolute Gasteiger partial charge is 0.187 e. The highest BCUT2D eigenvalue weighted by molar-refractivity contribution is 5.16. The minimum atomic E-state index is -1.84. The van der Waals surface area contributed by atoms with Crippen LogP contribution in [-0.2, 0) is 14.2 Å². The van der Waals surface area contributed by atoms with Gasteiger partial charge in [0.1, 0.15) is 18.2 Å². The molecule has 3 unspecified atom stereocenters. The standard InChI is InChI=1S/C13H14FN3O4/c14-9-10(16-17-15)11-8(20-12(9)18)6-19-13(21-11)7-4-2-1-3-5-7/h1-5,8-13,18H,6H2/t8-,9?,10?,11-,12?,13-/m1/s1. The zero-order valence-corrected chi connectivity index (χ0v) is 10.9. The van der Waals surface area contributed by atoms with Gasteiger partial charge in [-0.3, -0.25) is 0 Å². The first-order valence-electron chi connectivity index (χ1n) is 6.54. The lowest BCUT2D eigenvalue weighted by atomic mass is 9.97. The molecule has 2 heterocycles. The first kappa shape index (κ1) is 14.2. The molecule has 3 rings (SSSR count). The number of rotatable bonds is 2. The van der Waals surface area contributed by atoms with Crippen molar-refractivity contribution in [3.63, 3.8) is 0 Å². The van der Waals surface area contributed by atoms with Gasteiger partial charge in [0.25, 0.3) is 0 Å². The molecule has 0 saturated carbocycles. The Balaban J connectivity index is 1.82. The van der Waals surface area contributed by atoms with Gasteiger partial charge in [0.05, 0.1) is 6.61 Å². The minimum Gasteiger partial charge on any atom is -0.366 e. The molecule has 0 aromatic heterocycles. The molecule has 2 fully saturated rings. The average molecular weight is 295 g/mol. The Labute approximate surface area is 119 Å². The van der Waals surface area contributed by atoms with E-state index in [2.05, 4.69) is 10.0 Å². The highest BCUT2D eigenvalue weighted by Crippen LogP contribution is 2.35. The second kappa shape index (κ2) is 5.97. The zero-order valence-electron chi connectivity index (χ0n) is 10.9. The number of halogens is 1. The van der Waals surface area contributed by atoms with Gasteiger partial charge < -0.3 is 19.3 Å². The Hall–Kier alpha value is -1.70. The van der Waals surface area contributed by atoms with Crippen LogP contribution in [0.2, 0.25) is 0 Å². The molecule has 2 saturated heterocycles. The van der Waals surface area contributed by atoms with Gasteiger partial charge in [0.15, 0.2) is 18.8 Å². The van der Waals surface area contributed by atoms with Crippen LogP contribution in [0, 0.1) is 0 Å². The van der Waals surface area contributed by atoms with Crippen LogP contribution in [0.4, 0.5) is 4.39 Å². The summed E-state index contributed by atoms with van der Waals surface area (Å²) in [6.45, 7) is 0.117. The van der Waals surface area contributed by atoms with E-state index in [0.29, 0.717) is 0 Å². The van der Waals surface area contributed by atoms with Crippen LogP contribution in [-0.4, -0.2) is 42.4 Å². The third kappa shape index (κ3) is 2.72. The quantitative estimate of drug-likeness (QED) is 0.511. The molecule has 1 aromatic rings. The molecular weight excluding hydrogens is 281 g/mol. The molecule has 2 aliphatic heterocycles. The summed E-state index contributed by atoms with van der Waals surface area (Å²) in [5.74, 6) is 0. The van der Waals surface area contributed by atoms with Crippen LogP contribution in [0.3, 0.4) is 0 Å². The summed E-state index contributed by atoms with van der Waals surface area (Å²) in [5, 5.41) is 12.9. The van der Waals surface area contributed by atoms with Gasteiger partial charge in [-0.25, -0.2) is 4.39 Å². The van der Waals surface area contributed by atoms with E-state index in [1.807, 2.05) is 30.3 Å². The summed E-state index contributed by atoms with van der Waals surface area (Å²) in [7, 11) is 0. The topological polar surface area (TPSA) is 96.7 Å². The number of azide groups is 1. The van der Waals surface area contributed by atoms with Gasteiger partial charge in [-0.15, -0.1) is 0 Å². The van der Waals surface area contributed by atoms with Crippen LogP contribution in [0.15, 0.2) is 35.4 Å². The molecule has 7 nitrogen and oxygen atoms in total. The van der Waals surface area contributed by atoms with Crippen LogP contribution < -0.4 is 0 Å². The lowest BCUT2D eigenvalue weighted by molar-refractivity contribution is -0.327. The second-order valence-corrected chi connectivity index (χ2v) is 4.88. The van der Waals surface area contributed by atoms with Gasteiger partial charge in [-0.05, 0) is 5.53 Å². The normalized spacial score (nSPS) is 39.1. The van der Waals surface area contributed by atoms with Crippen molar-refractivity contribution in [3.8, 4) is 0 Å².